The molecule has 106 valence electrons. The van der Waals surface area contributed by atoms with Crippen LogP contribution in [-0.2, 0) is 6.54 Å². The van der Waals surface area contributed by atoms with Crippen LogP contribution in [0.5, 0.6) is 0 Å². The Hall–Kier alpha value is -2.90. The molecule has 0 aliphatic heterocycles. The highest BCUT2D eigenvalue weighted by Gasteiger charge is 2.16. The van der Waals surface area contributed by atoms with E-state index in [1.807, 2.05) is 6.07 Å². The van der Waals surface area contributed by atoms with Crippen molar-refractivity contribution >= 4 is 11.6 Å². The van der Waals surface area contributed by atoms with Gasteiger partial charge in [0.15, 0.2) is 17.3 Å². The number of carbonyl (C=O) groups excluding carboxylic acids is 1. The normalized spacial score (nSPS) is 10.8. The van der Waals surface area contributed by atoms with Crippen molar-refractivity contribution in [3.05, 3.63) is 59.8 Å². The van der Waals surface area contributed by atoms with Gasteiger partial charge in [0.1, 0.15) is 0 Å². The molecule has 0 unspecified atom stereocenters. The number of amides is 1. The molecule has 0 bridgehead atoms. The fourth-order valence-electron chi connectivity index (χ4n) is 1.86. The van der Waals surface area contributed by atoms with E-state index >= 15 is 0 Å². The van der Waals surface area contributed by atoms with Crippen LogP contribution in [0.3, 0.4) is 0 Å². The van der Waals surface area contributed by atoms with E-state index in [9.17, 15) is 13.6 Å². The van der Waals surface area contributed by atoms with Crippen molar-refractivity contribution < 1.29 is 13.6 Å². The van der Waals surface area contributed by atoms with Gasteiger partial charge in [0.2, 0.25) is 5.95 Å². The van der Waals surface area contributed by atoms with Crippen LogP contribution in [0.4, 0.5) is 8.78 Å². The molecule has 0 aliphatic carbocycles. The summed E-state index contributed by atoms with van der Waals surface area (Å²) in [5.41, 5.74) is 0.221. The third kappa shape index (κ3) is 2.42. The van der Waals surface area contributed by atoms with Crippen molar-refractivity contribution in [2.75, 3.05) is 0 Å². The number of nitrogens with zero attached hydrogens (tertiary/aromatic N) is 4. The lowest BCUT2D eigenvalue weighted by Gasteiger charge is -2.05. The third-order valence-corrected chi connectivity index (χ3v) is 2.88. The van der Waals surface area contributed by atoms with Crippen LogP contribution in [0.25, 0.3) is 5.65 Å². The van der Waals surface area contributed by atoms with Crippen LogP contribution in [0.1, 0.15) is 16.2 Å². The summed E-state index contributed by atoms with van der Waals surface area (Å²) >= 11 is 0. The van der Waals surface area contributed by atoms with E-state index in [-0.39, 0.29) is 6.54 Å². The van der Waals surface area contributed by atoms with Gasteiger partial charge in [0.25, 0.3) is 5.91 Å². The minimum absolute atomic E-state index is 0.0351. The Morgan fingerprint density at radius 3 is 2.95 bits per heavy atom. The second-order valence-corrected chi connectivity index (χ2v) is 4.19. The standard InChI is InChI=1S/C13H9F2N5O/c14-11-8(4-5-16-12(11)15)13(21)17-7-10-19-18-9-3-1-2-6-20(9)10/h1-6H,7H2,(H,17,21). The predicted octanol–water partition coefficient (Wildman–Crippen LogP) is 1.33. The Bertz CT molecular complexity index is 817. The number of hydrogen-bond donors (Lipinski definition) is 1. The largest absolute Gasteiger partial charge is 0.345 e. The first-order valence-corrected chi connectivity index (χ1v) is 6.03. The highest BCUT2D eigenvalue weighted by molar-refractivity contribution is 5.94. The summed E-state index contributed by atoms with van der Waals surface area (Å²) in [5, 5.41) is 10.3. The van der Waals surface area contributed by atoms with Gasteiger partial charge in [-0.05, 0) is 18.2 Å². The van der Waals surface area contributed by atoms with Crippen molar-refractivity contribution in [2.24, 2.45) is 0 Å². The fraction of sp³-hybridized carbons (Fsp3) is 0.0769. The van der Waals surface area contributed by atoms with Crippen molar-refractivity contribution in [3.8, 4) is 0 Å². The minimum Gasteiger partial charge on any atom is -0.345 e. The van der Waals surface area contributed by atoms with Crippen molar-refractivity contribution in [1.29, 1.82) is 0 Å². The van der Waals surface area contributed by atoms with E-state index in [1.54, 1.807) is 22.7 Å². The maximum atomic E-state index is 13.4. The molecule has 8 heteroatoms. The molecular formula is C13H9F2N5O. The van der Waals surface area contributed by atoms with Crippen LogP contribution in [0, 0.1) is 11.8 Å². The Labute approximate surface area is 117 Å². The SMILES string of the molecule is O=C(NCc1nnc2ccccn12)c1ccnc(F)c1F. The Morgan fingerprint density at radius 2 is 2.10 bits per heavy atom. The van der Waals surface area contributed by atoms with Crippen molar-refractivity contribution in [2.45, 2.75) is 6.54 Å². The van der Waals surface area contributed by atoms with Crippen molar-refractivity contribution in [1.82, 2.24) is 24.9 Å². The monoisotopic (exact) mass is 289 g/mol. The molecule has 21 heavy (non-hydrogen) atoms. The summed E-state index contributed by atoms with van der Waals surface area (Å²) in [7, 11) is 0. The van der Waals surface area contributed by atoms with Gasteiger partial charge in [0, 0.05) is 12.4 Å². The molecule has 0 saturated carbocycles. The quantitative estimate of drug-likeness (QED) is 0.738. The van der Waals surface area contributed by atoms with E-state index in [1.165, 1.54) is 0 Å². The maximum absolute atomic E-state index is 13.4. The number of halogens is 2. The second kappa shape index (κ2) is 5.23. The lowest BCUT2D eigenvalue weighted by Crippen LogP contribution is -2.25. The number of aromatic nitrogens is 4. The fourth-order valence-corrected chi connectivity index (χ4v) is 1.86. The Balaban J connectivity index is 1.78. The van der Waals surface area contributed by atoms with Crippen LogP contribution in [-0.4, -0.2) is 25.5 Å². The van der Waals surface area contributed by atoms with Gasteiger partial charge in [-0.3, -0.25) is 9.20 Å². The molecule has 0 radical (unpaired) electrons. The molecule has 0 atom stereocenters. The lowest BCUT2D eigenvalue weighted by molar-refractivity contribution is 0.0944. The van der Waals surface area contributed by atoms with E-state index < -0.39 is 23.2 Å². The van der Waals surface area contributed by atoms with Crippen molar-refractivity contribution in [3.63, 3.8) is 0 Å². The van der Waals surface area contributed by atoms with Crippen LogP contribution < -0.4 is 5.32 Å². The smallest absolute Gasteiger partial charge is 0.254 e. The zero-order chi connectivity index (χ0) is 14.8. The predicted molar refractivity (Wildman–Crippen MR) is 68.3 cm³/mol. The Kier molecular flexibility index (Phi) is 3.27. The average molecular weight is 289 g/mol. The van der Waals surface area contributed by atoms with Gasteiger partial charge < -0.3 is 5.32 Å². The molecule has 3 heterocycles. The molecule has 3 rings (SSSR count). The molecule has 0 aliphatic rings. The highest BCUT2D eigenvalue weighted by atomic mass is 19.2. The molecule has 1 amide bonds. The van der Waals surface area contributed by atoms with Gasteiger partial charge in [0.05, 0.1) is 12.1 Å². The number of fused-ring (bicyclic) bond motifs is 1. The zero-order valence-electron chi connectivity index (χ0n) is 10.6. The first kappa shape index (κ1) is 13.1. The summed E-state index contributed by atoms with van der Waals surface area (Å²) in [4.78, 5) is 15.0. The Morgan fingerprint density at radius 1 is 1.24 bits per heavy atom. The molecular weight excluding hydrogens is 280 g/mol. The number of nitrogens with one attached hydrogen (secondary N) is 1. The van der Waals surface area contributed by atoms with Crippen LogP contribution in [0.2, 0.25) is 0 Å². The molecule has 1 N–H and O–H groups in total. The first-order chi connectivity index (χ1) is 10.2. The molecule has 0 aromatic carbocycles. The van der Waals surface area contributed by atoms with E-state index in [0.29, 0.717) is 11.5 Å². The second-order valence-electron chi connectivity index (χ2n) is 4.19. The van der Waals surface area contributed by atoms with Crippen LogP contribution >= 0.6 is 0 Å². The number of hydrogen-bond acceptors (Lipinski definition) is 4. The molecule has 3 aromatic rings. The van der Waals surface area contributed by atoms with Gasteiger partial charge in [-0.25, -0.2) is 9.37 Å². The topological polar surface area (TPSA) is 72.2 Å². The summed E-state index contributed by atoms with van der Waals surface area (Å²) < 4.78 is 28.1. The number of carbonyl (C=O) groups is 1. The maximum Gasteiger partial charge on any atom is 0.254 e. The number of rotatable bonds is 3. The van der Waals surface area contributed by atoms with Crippen LogP contribution in [0.15, 0.2) is 36.7 Å². The molecule has 0 spiro atoms. The molecule has 0 saturated heterocycles. The minimum atomic E-state index is -1.31. The summed E-state index contributed by atoms with van der Waals surface area (Å²) in [6.07, 6.45) is 2.77. The third-order valence-electron chi connectivity index (χ3n) is 2.88. The summed E-state index contributed by atoms with van der Waals surface area (Å²) in [6.45, 7) is 0.0351. The lowest BCUT2D eigenvalue weighted by atomic mass is 10.2. The first-order valence-electron chi connectivity index (χ1n) is 6.03. The highest BCUT2D eigenvalue weighted by Crippen LogP contribution is 2.09. The van der Waals surface area contributed by atoms with Gasteiger partial charge >= 0.3 is 0 Å². The zero-order valence-corrected chi connectivity index (χ0v) is 10.6. The average Bonchev–Trinajstić information content (AvgIpc) is 2.91. The molecule has 6 nitrogen and oxygen atoms in total. The number of pyridine rings is 2. The van der Waals surface area contributed by atoms with Gasteiger partial charge in [-0.1, -0.05) is 6.07 Å². The summed E-state index contributed by atoms with van der Waals surface area (Å²) in [5.74, 6) is -2.85. The van der Waals surface area contributed by atoms with Gasteiger partial charge in [-0.15, -0.1) is 10.2 Å². The molecule has 3 aromatic heterocycles. The van der Waals surface area contributed by atoms with E-state index in [0.717, 1.165) is 12.3 Å². The van der Waals surface area contributed by atoms with E-state index in [4.69, 9.17) is 0 Å². The molecule has 0 fully saturated rings. The van der Waals surface area contributed by atoms with E-state index in [2.05, 4.69) is 20.5 Å². The van der Waals surface area contributed by atoms with Gasteiger partial charge in [-0.2, -0.15) is 4.39 Å². The summed E-state index contributed by atoms with van der Waals surface area (Å²) in [6, 6.07) is 6.47.